The Morgan fingerprint density at radius 2 is 1.86 bits per heavy atom. The van der Waals surface area contributed by atoms with Crippen molar-refractivity contribution in [2.75, 3.05) is 6.54 Å². The van der Waals surface area contributed by atoms with Crippen LogP contribution in [-0.2, 0) is 26.1 Å². The van der Waals surface area contributed by atoms with E-state index in [1.165, 1.54) is 23.5 Å². The van der Waals surface area contributed by atoms with Crippen LogP contribution in [0.1, 0.15) is 32.8 Å². The molecule has 1 amide bonds. The van der Waals surface area contributed by atoms with Gasteiger partial charge >= 0.3 is 0 Å². The summed E-state index contributed by atoms with van der Waals surface area (Å²) < 4.78 is 11.2. The van der Waals surface area contributed by atoms with Gasteiger partial charge in [-0.15, -0.1) is 0 Å². The van der Waals surface area contributed by atoms with Gasteiger partial charge in [-0.1, -0.05) is 36.4 Å². The van der Waals surface area contributed by atoms with Gasteiger partial charge in [-0.3, -0.25) is 14.5 Å². The Morgan fingerprint density at radius 3 is 2.59 bits per heavy atom. The van der Waals surface area contributed by atoms with Crippen molar-refractivity contribution in [2.24, 2.45) is 5.73 Å². The molecule has 0 saturated carbocycles. The summed E-state index contributed by atoms with van der Waals surface area (Å²) in [6, 6.07) is 16.7. The lowest BCUT2D eigenvalue weighted by Gasteiger charge is -2.28. The molecule has 0 atom stereocenters. The summed E-state index contributed by atoms with van der Waals surface area (Å²) in [6.45, 7) is 2.56. The Hall–Kier alpha value is -3.38. The SMILES string of the molecule is NC(=O)c1ccc(COc2coc(CN3CCc4ccccc4C3)cc2=O)cc1. The molecule has 2 heterocycles. The summed E-state index contributed by atoms with van der Waals surface area (Å²) >= 11 is 0. The van der Waals surface area contributed by atoms with Gasteiger partial charge in [-0.05, 0) is 35.2 Å². The molecule has 6 heteroatoms. The van der Waals surface area contributed by atoms with Crippen molar-refractivity contribution in [1.82, 2.24) is 4.90 Å². The van der Waals surface area contributed by atoms with Crippen molar-refractivity contribution in [1.29, 1.82) is 0 Å². The fraction of sp³-hybridized carbons (Fsp3) is 0.217. The molecule has 29 heavy (non-hydrogen) atoms. The molecule has 6 nitrogen and oxygen atoms in total. The molecule has 0 saturated heterocycles. The number of hydrogen-bond acceptors (Lipinski definition) is 5. The Balaban J connectivity index is 1.37. The molecule has 1 aromatic heterocycles. The third-order valence-electron chi connectivity index (χ3n) is 5.07. The van der Waals surface area contributed by atoms with Gasteiger partial charge in [0, 0.05) is 24.7 Å². The van der Waals surface area contributed by atoms with Gasteiger partial charge in [0.15, 0.2) is 0 Å². The second-order valence-electron chi connectivity index (χ2n) is 7.15. The van der Waals surface area contributed by atoms with Crippen LogP contribution in [0.5, 0.6) is 5.75 Å². The van der Waals surface area contributed by atoms with Crippen molar-refractivity contribution in [3.05, 3.63) is 99.1 Å². The molecule has 0 radical (unpaired) electrons. The Labute approximate surface area is 168 Å². The minimum Gasteiger partial charge on any atom is -0.482 e. The third kappa shape index (κ3) is 4.55. The van der Waals surface area contributed by atoms with E-state index in [0.717, 1.165) is 25.1 Å². The van der Waals surface area contributed by atoms with Crippen LogP contribution in [0.2, 0.25) is 0 Å². The molecule has 1 aliphatic rings. The minimum absolute atomic E-state index is 0.164. The molecule has 0 bridgehead atoms. The fourth-order valence-corrected chi connectivity index (χ4v) is 3.46. The largest absolute Gasteiger partial charge is 0.482 e. The van der Waals surface area contributed by atoms with Crippen molar-refractivity contribution in [3.63, 3.8) is 0 Å². The lowest BCUT2D eigenvalue weighted by Crippen LogP contribution is -2.30. The van der Waals surface area contributed by atoms with Gasteiger partial charge < -0.3 is 14.9 Å². The van der Waals surface area contributed by atoms with Gasteiger partial charge in [0.2, 0.25) is 17.1 Å². The Morgan fingerprint density at radius 1 is 1.10 bits per heavy atom. The van der Waals surface area contributed by atoms with Gasteiger partial charge in [0.25, 0.3) is 0 Å². The molecule has 2 aromatic carbocycles. The van der Waals surface area contributed by atoms with E-state index in [-0.39, 0.29) is 17.8 Å². The predicted octanol–water partition coefficient (Wildman–Crippen LogP) is 2.88. The minimum atomic E-state index is -0.481. The molecule has 0 fully saturated rings. The van der Waals surface area contributed by atoms with E-state index in [2.05, 4.69) is 29.2 Å². The predicted molar refractivity (Wildman–Crippen MR) is 109 cm³/mol. The van der Waals surface area contributed by atoms with E-state index < -0.39 is 5.91 Å². The number of fused-ring (bicyclic) bond motifs is 1. The lowest BCUT2D eigenvalue weighted by molar-refractivity contribution is 0.1000. The summed E-state index contributed by atoms with van der Waals surface area (Å²) in [4.78, 5) is 25.8. The molecule has 0 unspecified atom stereocenters. The van der Waals surface area contributed by atoms with Crippen LogP contribution in [0.15, 0.2) is 70.1 Å². The molecule has 2 N–H and O–H groups in total. The molecule has 0 spiro atoms. The van der Waals surface area contributed by atoms with Crippen LogP contribution in [0, 0.1) is 0 Å². The highest BCUT2D eigenvalue weighted by atomic mass is 16.5. The molecule has 1 aliphatic heterocycles. The summed E-state index contributed by atoms with van der Waals surface area (Å²) in [5, 5.41) is 0. The maximum absolute atomic E-state index is 12.4. The molecule has 148 valence electrons. The van der Waals surface area contributed by atoms with Gasteiger partial charge in [-0.25, -0.2) is 0 Å². The first-order chi connectivity index (χ1) is 14.1. The van der Waals surface area contributed by atoms with Gasteiger partial charge in [0.05, 0.1) is 6.54 Å². The third-order valence-corrected chi connectivity index (χ3v) is 5.07. The molecule has 0 aliphatic carbocycles. The zero-order valence-electron chi connectivity index (χ0n) is 16.0. The monoisotopic (exact) mass is 390 g/mol. The standard InChI is InChI=1S/C23H22N2O4/c24-23(27)18-7-5-16(6-8-18)14-29-22-15-28-20(11-21(22)26)13-25-10-9-17-3-1-2-4-19(17)12-25/h1-8,11,15H,9-10,12-14H2,(H2,24,27). The Bertz CT molecular complexity index is 1070. The zero-order valence-corrected chi connectivity index (χ0v) is 16.0. The molecule has 3 aromatic rings. The van der Waals surface area contributed by atoms with Crippen LogP contribution < -0.4 is 15.9 Å². The smallest absolute Gasteiger partial charge is 0.248 e. The van der Waals surface area contributed by atoms with Crippen LogP contribution in [0.3, 0.4) is 0 Å². The zero-order chi connectivity index (χ0) is 20.2. The number of benzene rings is 2. The molecular formula is C23H22N2O4. The topological polar surface area (TPSA) is 85.8 Å². The average Bonchev–Trinajstić information content (AvgIpc) is 2.73. The summed E-state index contributed by atoms with van der Waals surface area (Å²) in [5.41, 5.74) is 8.98. The number of amides is 1. The first-order valence-corrected chi connectivity index (χ1v) is 9.51. The number of hydrogen-bond donors (Lipinski definition) is 1. The quantitative estimate of drug-likeness (QED) is 0.699. The lowest BCUT2D eigenvalue weighted by atomic mass is 10.00. The maximum atomic E-state index is 12.4. The number of carbonyl (C=O) groups excluding carboxylic acids is 1. The highest BCUT2D eigenvalue weighted by Crippen LogP contribution is 2.20. The second kappa shape index (κ2) is 8.32. The van der Waals surface area contributed by atoms with Gasteiger partial charge in [0.1, 0.15) is 18.6 Å². The highest BCUT2D eigenvalue weighted by Gasteiger charge is 2.17. The summed E-state index contributed by atoms with van der Waals surface area (Å²) in [7, 11) is 0. The normalized spacial score (nSPS) is 13.7. The van der Waals surface area contributed by atoms with Crippen LogP contribution >= 0.6 is 0 Å². The Kier molecular flexibility index (Phi) is 5.44. The first-order valence-electron chi connectivity index (χ1n) is 9.51. The number of nitrogens with zero attached hydrogens (tertiary/aromatic N) is 1. The van der Waals surface area contributed by atoms with Crippen molar-refractivity contribution < 1.29 is 13.9 Å². The molecule has 4 rings (SSSR count). The van der Waals surface area contributed by atoms with E-state index in [4.69, 9.17) is 14.9 Å². The average molecular weight is 390 g/mol. The van der Waals surface area contributed by atoms with Crippen molar-refractivity contribution >= 4 is 5.91 Å². The van der Waals surface area contributed by atoms with Crippen LogP contribution in [0.25, 0.3) is 0 Å². The first kappa shape index (κ1) is 19.0. The van der Waals surface area contributed by atoms with E-state index >= 15 is 0 Å². The molecular weight excluding hydrogens is 368 g/mol. The van der Waals surface area contributed by atoms with Crippen molar-refractivity contribution in [3.8, 4) is 5.75 Å². The van der Waals surface area contributed by atoms with Crippen LogP contribution in [-0.4, -0.2) is 17.4 Å². The van der Waals surface area contributed by atoms with E-state index in [0.29, 0.717) is 17.9 Å². The fourth-order valence-electron chi connectivity index (χ4n) is 3.46. The van der Waals surface area contributed by atoms with Crippen molar-refractivity contribution in [2.45, 2.75) is 26.1 Å². The van der Waals surface area contributed by atoms with E-state index in [1.54, 1.807) is 24.3 Å². The van der Waals surface area contributed by atoms with Crippen LogP contribution in [0.4, 0.5) is 0 Å². The number of nitrogens with two attached hydrogens (primary N) is 1. The maximum Gasteiger partial charge on any atom is 0.248 e. The highest BCUT2D eigenvalue weighted by molar-refractivity contribution is 5.92. The number of primary amides is 1. The second-order valence-corrected chi connectivity index (χ2v) is 7.15. The number of rotatable bonds is 6. The van der Waals surface area contributed by atoms with E-state index in [9.17, 15) is 9.59 Å². The number of carbonyl (C=O) groups is 1. The summed E-state index contributed by atoms with van der Waals surface area (Å²) in [6.07, 6.45) is 2.36. The summed E-state index contributed by atoms with van der Waals surface area (Å²) in [5.74, 6) is 0.301. The van der Waals surface area contributed by atoms with Gasteiger partial charge in [-0.2, -0.15) is 0 Å². The number of ether oxygens (including phenoxy) is 1. The van der Waals surface area contributed by atoms with E-state index in [1.807, 2.05) is 0 Å².